The number of pyridine rings is 1. The number of hydrogen-bond donors (Lipinski definition) is 1. The maximum Gasteiger partial charge on any atom is 0.223 e. The highest BCUT2D eigenvalue weighted by atomic mass is 15.1. The molecule has 16 heavy (non-hydrogen) atoms. The summed E-state index contributed by atoms with van der Waals surface area (Å²) in [6.45, 7) is 3.86. The van der Waals surface area contributed by atoms with Gasteiger partial charge in [0.1, 0.15) is 11.5 Å². The van der Waals surface area contributed by atoms with Gasteiger partial charge in [-0.05, 0) is 25.0 Å². The first-order valence-electron chi connectivity index (χ1n) is 5.13. The smallest absolute Gasteiger partial charge is 0.223 e. The minimum atomic E-state index is 0.232. The molecule has 5 heteroatoms. The summed E-state index contributed by atoms with van der Waals surface area (Å²) in [5.41, 5.74) is 7.48. The number of nitrogen functional groups attached to an aromatic ring is 1. The Balaban J connectivity index is 2.58. The van der Waals surface area contributed by atoms with Crippen molar-refractivity contribution < 1.29 is 0 Å². The molecule has 0 radical (unpaired) electrons. The maximum absolute atomic E-state index is 5.60. The van der Waals surface area contributed by atoms with Gasteiger partial charge in [0.25, 0.3) is 0 Å². The van der Waals surface area contributed by atoms with E-state index in [4.69, 9.17) is 5.73 Å². The van der Waals surface area contributed by atoms with Crippen LogP contribution in [0, 0.1) is 6.92 Å². The zero-order valence-electron chi connectivity index (χ0n) is 9.31. The van der Waals surface area contributed by atoms with Crippen LogP contribution in [0.5, 0.6) is 0 Å². The summed E-state index contributed by atoms with van der Waals surface area (Å²) in [4.78, 5) is 16.6. The molecular formula is C11H13N5. The molecule has 0 aromatic carbocycles. The fourth-order valence-electron chi connectivity index (χ4n) is 1.53. The van der Waals surface area contributed by atoms with Gasteiger partial charge in [0.05, 0.1) is 0 Å². The van der Waals surface area contributed by atoms with Crippen molar-refractivity contribution in [2.24, 2.45) is 0 Å². The average molecular weight is 215 g/mol. The van der Waals surface area contributed by atoms with E-state index in [0.717, 1.165) is 17.7 Å². The van der Waals surface area contributed by atoms with E-state index in [2.05, 4.69) is 26.9 Å². The molecule has 2 heterocycles. The first-order chi connectivity index (χ1) is 7.70. The van der Waals surface area contributed by atoms with Gasteiger partial charge in [0.15, 0.2) is 5.82 Å². The standard InChI is InChI=1S/C11H13N5/c1-3-8-5-4-6-13-9(8)10-14-7(2)15-11(12)16-10/h4-6H,3H2,1-2H3,(H2,12,14,15,16). The molecule has 2 N–H and O–H groups in total. The molecule has 0 bridgehead atoms. The van der Waals surface area contributed by atoms with E-state index in [-0.39, 0.29) is 5.95 Å². The molecule has 82 valence electrons. The lowest BCUT2D eigenvalue weighted by Crippen LogP contribution is -2.04. The molecule has 2 aromatic rings. The number of aryl methyl sites for hydroxylation is 2. The second-order valence-corrected chi connectivity index (χ2v) is 3.43. The van der Waals surface area contributed by atoms with Gasteiger partial charge >= 0.3 is 0 Å². The quantitative estimate of drug-likeness (QED) is 0.819. The molecule has 0 saturated heterocycles. The first kappa shape index (κ1) is 10.5. The van der Waals surface area contributed by atoms with Crippen LogP contribution in [0.1, 0.15) is 18.3 Å². The van der Waals surface area contributed by atoms with Gasteiger partial charge in [-0.3, -0.25) is 4.98 Å². The van der Waals surface area contributed by atoms with Crippen LogP contribution < -0.4 is 5.73 Å². The first-order valence-corrected chi connectivity index (χ1v) is 5.13. The molecule has 0 aliphatic heterocycles. The molecule has 0 amide bonds. The van der Waals surface area contributed by atoms with Crippen molar-refractivity contribution in [3.05, 3.63) is 29.7 Å². The number of anilines is 1. The summed E-state index contributed by atoms with van der Waals surface area (Å²) >= 11 is 0. The van der Waals surface area contributed by atoms with Crippen LogP contribution in [0.25, 0.3) is 11.5 Å². The van der Waals surface area contributed by atoms with Gasteiger partial charge in [-0.25, -0.2) is 4.98 Å². The van der Waals surface area contributed by atoms with Gasteiger partial charge in [-0.1, -0.05) is 13.0 Å². The van der Waals surface area contributed by atoms with E-state index in [1.165, 1.54) is 0 Å². The van der Waals surface area contributed by atoms with Crippen molar-refractivity contribution in [2.75, 3.05) is 5.73 Å². The lowest BCUT2D eigenvalue weighted by molar-refractivity contribution is 0.977. The summed E-state index contributed by atoms with van der Waals surface area (Å²) < 4.78 is 0. The highest BCUT2D eigenvalue weighted by molar-refractivity contribution is 5.55. The van der Waals surface area contributed by atoms with E-state index < -0.39 is 0 Å². The highest BCUT2D eigenvalue weighted by Crippen LogP contribution is 2.17. The Bertz CT molecular complexity index is 489. The van der Waals surface area contributed by atoms with Gasteiger partial charge in [-0.15, -0.1) is 0 Å². The lowest BCUT2D eigenvalue weighted by Gasteiger charge is -2.05. The van der Waals surface area contributed by atoms with E-state index in [1.54, 1.807) is 13.1 Å². The van der Waals surface area contributed by atoms with Gasteiger partial charge < -0.3 is 5.73 Å². The Hall–Kier alpha value is -2.04. The molecule has 0 aliphatic rings. The van der Waals surface area contributed by atoms with Crippen molar-refractivity contribution in [3.8, 4) is 11.5 Å². The summed E-state index contributed by atoms with van der Waals surface area (Å²) in [6.07, 6.45) is 2.61. The van der Waals surface area contributed by atoms with Crippen LogP contribution in [-0.4, -0.2) is 19.9 Å². The Labute approximate surface area is 93.8 Å². The zero-order chi connectivity index (χ0) is 11.5. The second-order valence-electron chi connectivity index (χ2n) is 3.43. The molecular weight excluding hydrogens is 202 g/mol. The van der Waals surface area contributed by atoms with Crippen LogP contribution in [0.15, 0.2) is 18.3 Å². The SMILES string of the molecule is CCc1cccnc1-c1nc(C)nc(N)n1. The predicted molar refractivity (Wildman–Crippen MR) is 61.6 cm³/mol. The van der Waals surface area contributed by atoms with Crippen molar-refractivity contribution in [1.82, 2.24) is 19.9 Å². The Morgan fingerprint density at radius 3 is 2.75 bits per heavy atom. The minimum absolute atomic E-state index is 0.232. The van der Waals surface area contributed by atoms with Gasteiger partial charge in [0, 0.05) is 6.20 Å². The third-order valence-corrected chi connectivity index (χ3v) is 2.25. The molecule has 0 spiro atoms. The normalized spacial score (nSPS) is 10.4. The van der Waals surface area contributed by atoms with Gasteiger partial charge in [-0.2, -0.15) is 9.97 Å². The lowest BCUT2D eigenvalue weighted by atomic mass is 10.1. The van der Waals surface area contributed by atoms with Crippen LogP contribution in [0.3, 0.4) is 0 Å². The number of nitrogens with zero attached hydrogens (tertiary/aromatic N) is 4. The van der Waals surface area contributed by atoms with Crippen molar-refractivity contribution in [1.29, 1.82) is 0 Å². The van der Waals surface area contributed by atoms with E-state index in [0.29, 0.717) is 11.6 Å². The molecule has 5 nitrogen and oxygen atoms in total. The van der Waals surface area contributed by atoms with Crippen molar-refractivity contribution >= 4 is 5.95 Å². The summed E-state index contributed by atoms with van der Waals surface area (Å²) in [5.74, 6) is 1.38. The Kier molecular flexibility index (Phi) is 2.76. The topological polar surface area (TPSA) is 77.6 Å². The van der Waals surface area contributed by atoms with Crippen molar-refractivity contribution in [2.45, 2.75) is 20.3 Å². The maximum atomic E-state index is 5.60. The second kappa shape index (κ2) is 4.22. The van der Waals surface area contributed by atoms with Crippen LogP contribution in [0.4, 0.5) is 5.95 Å². The fraction of sp³-hybridized carbons (Fsp3) is 0.273. The third-order valence-electron chi connectivity index (χ3n) is 2.25. The average Bonchev–Trinajstić information content (AvgIpc) is 2.27. The van der Waals surface area contributed by atoms with Crippen LogP contribution in [0.2, 0.25) is 0 Å². The Morgan fingerprint density at radius 1 is 1.25 bits per heavy atom. The van der Waals surface area contributed by atoms with E-state index in [1.807, 2.05) is 12.1 Å². The summed E-state index contributed by atoms with van der Waals surface area (Å²) in [5, 5.41) is 0. The molecule has 0 saturated carbocycles. The third kappa shape index (κ3) is 1.98. The number of nitrogens with two attached hydrogens (primary N) is 1. The Morgan fingerprint density at radius 2 is 2.06 bits per heavy atom. The molecule has 0 unspecified atom stereocenters. The van der Waals surface area contributed by atoms with Crippen LogP contribution in [-0.2, 0) is 6.42 Å². The minimum Gasteiger partial charge on any atom is -0.368 e. The number of rotatable bonds is 2. The van der Waals surface area contributed by atoms with E-state index in [9.17, 15) is 0 Å². The summed E-state index contributed by atoms with van der Waals surface area (Å²) in [7, 11) is 0. The van der Waals surface area contributed by atoms with Crippen molar-refractivity contribution in [3.63, 3.8) is 0 Å². The molecule has 2 rings (SSSR count). The molecule has 2 aromatic heterocycles. The molecule has 0 fully saturated rings. The molecule has 0 aliphatic carbocycles. The summed E-state index contributed by atoms with van der Waals surface area (Å²) in [6, 6.07) is 3.91. The highest BCUT2D eigenvalue weighted by Gasteiger charge is 2.09. The number of aromatic nitrogens is 4. The number of hydrogen-bond acceptors (Lipinski definition) is 5. The largest absolute Gasteiger partial charge is 0.368 e. The van der Waals surface area contributed by atoms with Crippen LogP contribution >= 0.6 is 0 Å². The monoisotopic (exact) mass is 215 g/mol. The predicted octanol–water partition coefficient (Wildman–Crippen LogP) is 1.39. The fourth-order valence-corrected chi connectivity index (χ4v) is 1.53. The molecule has 0 atom stereocenters. The van der Waals surface area contributed by atoms with E-state index >= 15 is 0 Å². The zero-order valence-corrected chi connectivity index (χ0v) is 9.31. The van der Waals surface area contributed by atoms with Gasteiger partial charge in [0.2, 0.25) is 5.95 Å².